The van der Waals surface area contributed by atoms with E-state index in [0.717, 1.165) is 39.1 Å². The van der Waals surface area contributed by atoms with E-state index in [9.17, 15) is 18.0 Å². The maximum Gasteiger partial charge on any atom is 0.490 e. The highest BCUT2D eigenvalue weighted by atomic mass is 19.4. The average molecular weight is 401 g/mol. The number of piperazine rings is 1. The van der Waals surface area contributed by atoms with Crippen LogP contribution in [0.15, 0.2) is 24.3 Å². The van der Waals surface area contributed by atoms with Gasteiger partial charge in [-0.25, -0.2) is 4.79 Å². The number of carboxylic acid groups (broad SMARTS) is 1. The molecule has 0 saturated carbocycles. The van der Waals surface area contributed by atoms with E-state index >= 15 is 0 Å². The summed E-state index contributed by atoms with van der Waals surface area (Å²) in [6, 6.07) is 9.03. The highest BCUT2D eigenvalue weighted by Gasteiger charge is 2.39. The number of alkyl halides is 3. The number of carbonyl (C=O) groups is 2. The van der Waals surface area contributed by atoms with Gasteiger partial charge in [-0.2, -0.15) is 13.2 Å². The van der Waals surface area contributed by atoms with E-state index in [1.807, 2.05) is 4.90 Å². The zero-order valence-corrected chi connectivity index (χ0v) is 16.0. The molecule has 1 aromatic rings. The van der Waals surface area contributed by atoms with Crippen LogP contribution in [0.4, 0.5) is 13.2 Å². The van der Waals surface area contributed by atoms with E-state index < -0.39 is 12.1 Å². The first kappa shape index (κ1) is 22.2. The summed E-state index contributed by atoms with van der Waals surface area (Å²) in [5, 5.41) is 10.5. The number of halogens is 3. The standard InChI is InChI=1S/C17H25N3O.C2HF3O2/c1-13-3-5-15(6-4-13)12-19-9-7-16(17(19)21)20-10-8-18-11-14(20)2;3-2(4,5)1(6)7/h3-6,14,16,18H,7-12H2,1-2H3;(H,6,7). The molecule has 0 spiro atoms. The van der Waals surface area contributed by atoms with Gasteiger partial charge in [-0.1, -0.05) is 29.8 Å². The van der Waals surface area contributed by atoms with Crippen molar-refractivity contribution in [3.05, 3.63) is 35.4 Å². The maximum absolute atomic E-state index is 12.7. The van der Waals surface area contributed by atoms with Crippen LogP contribution in [0.5, 0.6) is 0 Å². The Morgan fingerprint density at radius 1 is 1.25 bits per heavy atom. The Kier molecular flexibility index (Phi) is 7.42. The van der Waals surface area contributed by atoms with Crippen LogP contribution in [0, 0.1) is 6.92 Å². The van der Waals surface area contributed by atoms with Crippen molar-refractivity contribution in [2.24, 2.45) is 0 Å². The molecule has 2 atom stereocenters. The fourth-order valence-corrected chi connectivity index (χ4v) is 3.42. The van der Waals surface area contributed by atoms with Gasteiger partial charge in [-0.3, -0.25) is 9.69 Å². The number of carbonyl (C=O) groups excluding carboxylic acids is 1. The highest BCUT2D eigenvalue weighted by Crippen LogP contribution is 2.22. The third-order valence-electron chi connectivity index (χ3n) is 4.96. The minimum Gasteiger partial charge on any atom is -0.475 e. The molecule has 1 amide bonds. The minimum absolute atomic E-state index is 0.0903. The fraction of sp³-hybridized carbons (Fsp3) is 0.579. The second kappa shape index (κ2) is 9.38. The molecule has 0 radical (unpaired) electrons. The number of rotatable bonds is 3. The quantitative estimate of drug-likeness (QED) is 0.811. The second-order valence-electron chi connectivity index (χ2n) is 7.14. The summed E-state index contributed by atoms with van der Waals surface area (Å²) >= 11 is 0. The molecule has 2 N–H and O–H groups in total. The monoisotopic (exact) mass is 401 g/mol. The van der Waals surface area contributed by atoms with Crippen LogP contribution >= 0.6 is 0 Å². The predicted octanol–water partition coefficient (Wildman–Crippen LogP) is 2.02. The van der Waals surface area contributed by atoms with Crippen molar-refractivity contribution in [2.45, 2.75) is 45.1 Å². The van der Waals surface area contributed by atoms with Gasteiger partial charge in [0.15, 0.2) is 0 Å². The largest absolute Gasteiger partial charge is 0.490 e. The molecule has 6 nitrogen and oxygen atoms in total. The molecule has 2 heterocycles. The van der Waals surface area contributed by atoms with Crippen molar-refractivity contribution >= 4 is 11.9 Å². The van der Waals surface area contributed by atoms with Crippen LogP contribution in [0.1, 0.15) is 24.5 Å². The zero-order valence-electron chi connectivity index (χ0n) is 16.0. The number of aryl methyl sites for hydroxylation is 1. The summed E-state index contributed by atoms with van der Waals surface area (Å²) in [6.07, 6.45) is -4.12. The lowest BCUT2D eigenvalue weighted by atomic mass is 10.1. The molecule has 3 rings (SSSR count). The van der Waals surface area contributed by atoms with Crippen LogP contribution < -0.4 is 5.32 Å². The molecule has 1 aromatic carbocycles. The smallest absolute Gasteiger partial charge is 0.475 e. The summed E-state index contributed by atoms with van der Waals surface area (Å²) in [5.41, 5.74) is 2.49. The van der Waals surface area contributed by atoms with Gasteiger partial charge in [0, 0.05) is 38.8 Å². The molecular formula is C19H26F3N3O3. The molecule has 156 valence electrons. The van der Waals surface area contributed by atoms with Gasteiger partial charge in [0.1, 0.15) is 0 Å². The Morgan fingerprint density at radius 2 is 1.86 bits per heavy atom. The molecule has 0 aliphatic carbocycles. The van der Waals surface area contributed by atoms with Gasteiger partial charge >= 0.3 is 12.1 Å². The lowest BCUT2D eigenvalue weighted by Gasteiger charge is -2.37. The van der Waals surface area contributed by atoms with E-state index in [4.69, 9.17) is 9.90 Å². The van der Waals surface area contributed by atoms with Crippen molar-refractivity contribution in [1.82, 2.24) is 15.1 Å². The SMILES string of the molecule is Cc1ccc(CN2CCC(N3CCNCC3C)C2=O)cc1.O=C(O)C(F)(F)F. The molecule has 0 bridgehead atoms. The first-order valence-corrected chi connectivity index (χ1v) is 9.20. The molecule has 28 heavy (non-hydrogen) atoms. The van der Waals surface area contributed by atoms with Gasteiger partial charge in [0.05, 0.1) is 6.04 Å². The van der Waals surface area contributed by atoms with Crippen LogP contribution in [-0.2, 0) is 16.1 Å². The van der Waals surface area contributed by atoms with Crippen LogP contribution in [0.25, 0.3) is 0 Å². The zero-order chi connectivity index (χ0) is 20.9. The predicted molar refractivity (Wildman–Crippen MR) is 97.7 cm³/mol. The molecular weight excluding hydrogens is 375 g/mol. The van der Waals surface area contributed by atoms with Gasteiger partial charge in [-0.05, 0) is 25.8 Å². The van der Waals surface area contributed by atoms with E-state index in [2.05, 4.69) is 48.3 Å². The van der Waals surface area contributed by atoms with Crippen molar-refractivity contribution in [3.63, 3.8) is 0 Å². The summed E-state index contributed by atoms with van der Waals surface area (Å²) in [4.78, 5) is 26.0. The van der Waals surface area contributed by atoms with E-state index in [1.165, 1.54) is 11.1 Å². The number of carboxylic acids is 1. The lowest BCUT2D eigenvalue weighted by molar-refractivity contribution is -0.192. The first-order valence-electron chi connectivity index (χ1n) is 9.20. The number of hydrogen-bond acceptors (Lipinski definition) is 4. The van der Waals surface area contributed by atoms with Gasteiger partial charge < -0.3 is 15.3 Å². The van der Waals surface area contributed by atoms with Crippen molar-refractivity contribution < 1.29 is 27.9 Å². The number of aliphatic carboxylic acids is 1. The minimum atomic E-state index is -5.08. The lowest BCUT2D eigenvalue weighted by Crippen LogP contribution is -2.55. The summed E-state index contributed by atoms with van der Waals surface area (Å²) in [7, 11) is 0. The summed E-state index contributed by atoms with van der Waals surface area (Å²) < 4.78 is 31.7. The van der Waals surface area contributed by atoms with E-state index in [-0.39, 0.29) is 6.04 Å². The van der Waals surface area contributed by atoms with Gasteiger partial charge in [0.2, 0.25) is 5.91 Å². The Labute approximate surface area is 162 Å². The van der Waals surface area contributed by atoms with E-state index in [0.29, 0.717) is 11.9 Å². The molecule has 2 saturated heterocycles. The Bertz CT molecular complexity index is 679. The topological polar surface area (TPSA) is 72.9 Å². The van der Waals surface area contributed by atoms with E-state index in [1.54, 1.807) is 0 Å². The Morgan fingerprint density at radius 3 is 2.39 bits per heavy atom. The maximum atomic E-state index is 12.7. The number of amides is 1. The average Bonchev–Trinajstić information content (AvgIpc) is 2.98. The number of benzene rings is 1. The number of likely N-dealkylation sites (tertiary alicyclic amines) is 1. The summed E-state index contributed by atoms with van der Waals surface area (Å²) in [5.74, 6) is -2.45. The molecule has 2 aliphatic rings. The molecule has 9 heteroatoms. The van der Waals surface area contributed by atoms with Crippen LogP contribution in [0.2, 0.25) is 0 Å². The molecule has 2 fully saturated rings. The van der Waals surface area contributed by atoms with Crippen molar-refractivity contribution in [2.75, 3.05) is 26.2 Å². The van der Waals surface area contributed by atoms with Gasteiger partial charge in [0.25, 0.3) is 0 Å². The third-order valence-corrected chi connectivity index (χ3v) is 4.96. The third kappa shape index (κ3) is 5.93. The van der Waals surface area contributed by atoms with Crippen LogP contribution in [0.3, 0.4) is 0 Å². The molecule has 2 aliphatic heterocycles. The van der Waals surface area contributed by atoms with Crippen molar-refractivity contribution in [3.8, 4) is 0 Å². The number of nitrogens with zero attached hydrogens (tertiary/aromatic N) is 2. The first-order chi connectivity index (χ1) is 13.1. The Balaban J connectivity index is 0.000000345. The second-order valence-corrected chi connectivity index (χ2v) is 7.14. The van der Waals surface area contributed by atoms with Gasteiger partial charge in [-0.15, -0.1) is 0 Å². The van der Waals surface area contributed by atoms with Crippen LogP contribution in [-0.4, -0.2) is 71.2 Å². The molecule has 2 unspecified atom stereocenters. The Hall–Kier alpha value is -2.13. The highest BCUT2D eigenvalue weighted by molar-refractivity contribution is 5.84. The number of nitrogens with one attached hydrogen (secondary N) is 1. The number of hydrogen-bond donors (Lipinski definition) is 2. The molecule has 0 aromatic heterocycles. The van der Waals surface area contributed by atoms with Crippen molar-refractivity contribution in [1.29, 1.82) is 0 Å². The normalized spacial score (nSPS) is 23.3. The summed E-state index contributed by atoms with van der Waals surface area (Å²) in [6.45, 7) is 8.89. The fourth-order valence-electron chi connectivity index (χ4n) is 3.42.